The van der Waals surface area contributed by atoms with E-state index in [1.54, 1.807) is 30.6 Å². The minimum atomic E-state index is -0.799. The van der Waals surface area contributed by atoms with E-state index in [0.29, 0.717) is 16.8 Å². The van der Waals surface area contributed by atoms with Crippen molar-refractivity contribution in [2.75, 3.05) is 4.90 Å². The Labute approximate surface area is 204 Å². The van der Waals surface area contributed by atoms with E-state index >= 15 is 0 Å². The van der Waals surface area contributed by atoms with Crippen LogP contribution in [0, 0.1) is 0 Å². The van der Waals surface area contributed by atoms with Crippen LogP contribution in [-0.4, -0.2) is 27.9 Å². The molecule has 2 aromatic carbocycles. The maximum atomic E-state index is 13.3. The number of nitrogens with zero attached hydrogens (tertiary/aromatic N) is 2. The van der Waals surface area contributed by atoms with Gasteiger partial charge in [0.15, 0.2) is 0 Å². The van der Waals surface area contributed by atoms with Gasteiger partial charge < -0.3 is 9.84 Å². The number of hydrogen-bond acceptors (Lipinski definition) is 5. The number of Topliss-reactive ketones (excluding diaryl/α,β-unsaturated/α-hetero) is 1. The number of carbonyl (C=O) groups excluding carboxylic acids is 2. The highest BCUT2D eigenvalue weighted by Crippen LogP contribution is 2.43. The molecular formula is C29H28N2O4. The zero-order valence-electron chi connectivity index (χ0n) is 20.3. The first-order valence-corrected chi connectivity index (χ1v) is 11.8. The van der Waals surface area contributed by atoms with E-state index in [-0.39, 0.29) is 22.9 Å². The Morgan fingerprint density at radius 3 is 2.49 bits per heavy atom. The fraction of sp³-hybridized carbons (Fsp3) is 0.276. The number of anilines is 1. The summed E-state index contributed by atoms with van der Waals surface area (Å²) in [6.45, 7) is 8.34. The van der Waals surface area contributed by atoms with Gasteiger partial charge in [0.1, 0.15) is 17.6 Å². The Morgan fingerprint density at radius 1 is 1.09 bits per heavy atom. The van der Waals surface area contributed by atoms with Crippen molar-refractivity contribution in [2.24, 2.45) is 0 Å². The number of aromatic nitrogens is 1. The molecule has 0 spiro atoms. The van der Waals surface area contributed by atoms with Crippen LogP contribution in [0.25, 0.3) is 5.76 Å². The summed E-state index contributed by atoms with van der Waals surface area (Å²) in [7, 11) is 0. The molecule has 178 valence electrons. The van der Waals surface area contributed by atoms with Gasteiger partial charge in [-0.15, -0.1) is 0 Å². The third kappa shape index (κ3) is 3.99. The standard InChI is InChI=1S/C29H28N2O4/c1-17-14-20-15-18(7-12-23(20)35-17)26(32)24-25(19-6-5-13-30-16-19)31(28(34)27(24)33)22-10-8-21(9-11-22)29(2,3)4/h5-13,15-17,25,32H,14H2,1-4H3/b26-24-. The van der Waals surface area contributed by atoms with Gasteiger partial charge in [-0.3, -0.25) is 19.5 Å². The predicted molar refractivity (Wildman–Crippen MR) is 134 cm³/mol. The van der Waals surface area contributed by atoms with E-state index in [1.165, 1.54) is 4.90 Å². The van der Waals surface area contributed by atoms with Crippen molar-refractivity contribution in [3.05, 3.63) is 94.8 Å². The summed E-state index contributed by atoms with van der Waals surface area (Å²) >= 11 is 0. The molecule has 2 aliphatic heterocycles. The van der Waals surface area contributed by atoms with Crippen LogP contribution in [-0.2, 0) is 21.4 Å². The van der Waals surface area contributed by atoms with Crippen molar-refractivity contribution < 1.29 is 19.4 Å². The number of benzene rings is 2. The van der Waals surface area contributed by atoms with Gasteiger partial charge in [0.2, 0.25) is 0 Å². The second kappa shape index (κ2) is 8.38. The molecule has 5 rings (SSSR count). The smallest absolute Gasteiger partial charge is 0.300 e. The lowest BCUT2D eigenvalue weighted by atomic mass is 9.87. The maximum Gasteiger partial charge on any atom is 0.300 e. The number of ketones is 1. The first-order chi connectivity index (χ1) is 16.6. The first-order valence-electron chi connectivity index (χ1n) is 11.8. The summed E-state index contributed by atoms with van der Waals surface area (Å²) in [6, 6.07) is 15.8. The van der Waals surface area contributed by atoms with Crippen molar-refractivity contribution in [3.63, 3.8) is 0 Å². The Morgan fingerprint density at radius 2 is 1.83 bits per heavy atom. The van der Waals surface area contributed by atoms with E-state index in [9.17, 15) is 14.7 Å². The van der Waals surface area contributed by atoms with Gasteiger partial charge in [0.05, 0.1) is 11.6 Å². The van der Waals surface area contributed by atoms with Crippen molar-refractivity contribution >= 4 is 23.1 Å². The van der Waals surface area contributed by atoms with E-state index in [2.05, 4.69) is 25.8 Å². The number of amides is 1. The monoisotopic (exact) mass is 468 g/mol. The highest BCUT2D eigenvalue weighted by atomic mass is 16.5. The molecule has 1 N–H and O–H groups in total. The maximum absolute atomic E-state index is 13.3. The van der Waals surface area contributed by atoms with Crippen LogP contribution in [0.1, 0.15) is 56.0 Å². The van der Waals surface area contributed by atoms with E-state index < -0.39 is 17.7 Å². The van der Waals surface area contributed by atoms with Crippen molar-refractivity contribution in [3.8, 4) is 5.75 Å². The van der Waals surface area contributed by atoms with Crippen LogP contribution in [0.4, 0.5) is 5.69 Å². The van der Waals surface area contributed by atoms with E-state index in [0.717, 1.165) is 23.3 Å². The lowest BCUT2D eigenvalue weighted by Crippen LogP contribution is -2.29. The topological polar surface area (TPSA) is 79.7 Å². The van der Waals surface area contributed by atoms with Gasteiger partial charge in [-0.05, 0) is 65.4 Å². The highest BCUT2D eigenvalue weighted by molar-refractivity contribution is 6.51. The number of rotatable bonds is 3. The van der Waals surface area contributed by atoms with Crippen molar-refractivity contribution in [1.82, 2.24) is 4.98 Å². The molecule has 1 saturated heterocycles. The van der Waals surface area contributed by atoms with Gasteiger partial charge in [-0.1, -0.05) is 39.0 Å². The molecule has 3 heterocycles. The number of aliphatic hydroxyl groups is 1. The van der Waals surface area contributed by atoms with Crippen LogP contribution >= 0.6 is 0 Å². The summed E-state index contributed by atoms with van der Waals surface area (Å²) < 4.78 is 5.77. The number of aliphatic hydroxyl groups excluding tert-OH is 1. The molecule has 2 atom stereocenters. The normalized spacial score (nSPS) is 21.2. The minimum Gasteiger partial charge on any atom is -0.507 e. The van der Waals surface area contributed by atoms with Gasteiger partial charge in [-0.2, -0.15) is 0 Å². The second-order valence-corrected chi connectivity index (χ2v) is 10.2. The molecule has 0 aliphatic carbocycles. The Balaban J connectivity index is 1.64. The zero-order chi connectivity index (χ0) is 24.9. The summed E-state index contributed by atoms with van der Waals surface area (Å²) in [5.74, 6) is -0.825. The van der Waals surface area contributed by atoms with Gasteiger partial charge >= 0.3 is 0 Å². The number of fused-ring (bicyclic) bond motifs is 1. The Bertz CT molecular complexity index is 1340. The van der Waals surface area contributed by atoms with Gasteiger partial charge in [0.25, 0.3) is 11.7 Å². The molecular weight excluding hydrogens is 440 g/mol. The van der Waals surface area contributed by atoms with Crippen LogP contribution in [0.3, 0.4) is 0 Å². The van der Waals surface area contributed by atoms with Crippen molar-refractivity contribution in [1.29, 1.82) is 0 Å². The van der Waals surface area contributed by atoms with Crippen LogP contribution in [0.15, 0.2) is 72.6 Å². The van der Waals surface area contributed by atoms with E-state index in [1.807, 2.05) is 43.3 Å². The third-order valence-corrected chi connectivity index (χ3v) is 6.63. The molecule has 1 aromatic heterocycles. The fourth-order valence-electron chi connectivity index (χ4n) is 4.80. The number of pyridine rings is 1. The summed E-state index contributed by atoms with van der Waals surface area (Å²) in [5, 5.41) is 11.4. The molecule has 6 nitrogen and oxygen atoms in total. The quantitative estimate of drug-likeness (QED) is 0.319. The predicted octanol–water partition coefficient (Wildman–Crippen LogP) is 5.33. The van der Waals surface area contributed by atoms with Crippen LogP contribution in [0.2, 0.25) is 0 Å². The number of carbonyl (C=O) groups is 2. The summed E-state index contributed by atoms with van der Waals surface area (Å²) in [5.41, 5.74) is 3.79. The highest BCUT2D eigenvalue weighted by Gasteiger charge is 2.47. The minimum absolute atomic E-state index is 0.0508. The van der Waals surface area contributed by atoms with Gasteiger partial charge in [-0.25, -0.2) is 0 Å². The number of hydrogen-bond donors (Lipinski definition) is 1. The summed E-state index contributed by atoms with van der Waals surface area (Å²) in [4.78, 5) is 32.3. The molecule has 0 bridgehead atoms. The lowest BCUT2D eigenvalue weighted by Gasteiger charge is -2.26. The second-order valence-electron chi connectivity index (χ2n) is 10.2. The molecule has 0 saturated carbocycles. The molecule has 35 heavy (non-hydrogen) atoms. The third-order valence-electron chi connectivity index (χ3n) is 6.63. The van der Waals surface area contributed by atoms with Crippen LogP contribution in [0.5, 0.6) is 5.75 Å². The molecule has 1 amide bonds. The first kappa shape index (κ1) is 22.8. The van der Waals surface area contributed by atoms with Gasteiger partial charge in [0, 0.05) is 30.1 Å². The Kier molecular flexibility index (Phi) is 5.47. The zero-order valence-corrected chi connectivity index (χ0v) is 20.3. The molecule has 6 heteroatoms. The van der Waals surface area contributed by atoms with E-state index in [4.69, 9.17) is 4.74 Å². The molecule has 2 unspecified atom stereocenters. The lowest BCUT2D eigenvalue weighted by molar-refractivity contribution is -0.132. The Hall–Kier alpha value is -3.93. The summed E-state index contributed by atoms with van der Waals surface area (Å²) in [6.07, 6.45) is 4.03. The van der Waals surface area contributed by atoms with Crippen LogP contribution < -0.4 is 9.64 Å². The largest absolute Gasteiger partial charge is 0.507 e. The average molecular weight is 469 g/mol. The average Bonchev–Trinajstić information content (AvgIpc) is 3.34. The molecule has 2 aliphatic rings. The number of ether oxygens (including phenoxy) is 1. The molecule has 0 radical (unpaired) electrons. The fourth-order valence-corrected chi connectivity index (χ4v) is 4.80. The molecule has 3 aromatic rings. The van der Waals surface area contributed by atoms with Crippen molar-refractivity contribution in [2.45, 2.75) is 51.7 Å². The SMILES string of the molecule is CC1Cc2cc(/C(O)=C3/C(=O)C(=O)N(c4ccc(C(C)(C)C)cc4)C3c3cccnc3)ccc2O1. The molecule has 1 fully saturated rings.